The van der Waals surface area contributed by atoms with E-state index in [1.165, 1.54) is 0 Å². The predicted octanol–water partition coefficient (Wildman–Crippen LogP) is 5.93. The molecular weight excluding hydrogens is 496 g/mol. The fraction of sp³-hybridized carbons (Fsp3) is 0.0667. The van der Waals surface area contributed by atoms with E-state index in [4.69, 9.17) is 13.9 Å². The average Bonchev–Trinajstić information content (AvgIpc) is 3.48. The van der Waals surface area contributed by atoms with E-state index in [0.717, 1.165) is 0 Å². The number of aromatic nitrogens is 2. The van der Waals surface area contributed by atoms with E-state index in [9.17, 15) is 9.59 Å². The van der Waals surface area contributed by atoms with Crippen molar-refractivity contribution in [3.63, 3.8) is 0 Å². The molecule has 1 aromatic heterocycles. The van der Waals surface area contributed by atoms with Gasteiger partial charge in [-0.3, -0.25) is 9.59 Å². The predicted molar refractivity (Wildman–Crippen MR) is 147 cm³/mol. The number of ether oxygens (including phenoxy) is 2. The van der Waals surface area contributed by atoms with Crippen molar-refractivity contribution in [1.82, 2.24) is 10.2 Å². The molecule has 194 valence electrons. The number of amides is 2. The zero-order valence-corrected chi connectivity index (χ0v) is 21.2. The number of nitrogens with zero attached hydrogens (tertiary/aromatic N) is 2. The molecule has 5 aromatic rings. The molecular formula is C30H24N4O5. The number of hydrogen-bond donors (Lipinski definition) is 2. The highest BCUT2D eigenvalue weighted by Crippen LogP contribution is 2.26. The van der Waals surface area contributed by atoms with E-state index in [0.29, 0.717) is 56.9 Å². The molecule has 0 fully saturated rings. The van der Waals surface area contributed by atoms with Crippen LogP contribution in [0.3, 0.4) is 0 Å². The van der Waals surface area contributed by atoms with Gasteiger partial charge >= 0.3 is 0 Å². The van der Waals surface area contributed by atoms with Crippen LogP contribution in [0.1, 0.15) is 20.7 Å². The van der Waals surface area contributed by atoms with E-state index in [1.54, 1.807) is 111 Å². The molecule has 5 rings (SSSR count). The van der Waals surface area contributed by atoms with Crippen molar-refractivity contribution in [2.45, 2.75) is 0 Å². The maximum absolute atomic E-state index is 12.5. The Morgan fingerprint density at radius 3 is 1.41 bits per heavy atom. The van der Waals surface area contributed by atoms with E-state index < -0.39 is 0 Å². The fourth-order valence-electron chi connectivity index (χ4n) is 3.78. The van der Waals surface area contributed by atoms with Gasteiger partial charge < -0.3 is 24.5 Å². The van der Waals surface area contributed by atoms with Gasteiger partial charge in [-0.2, -0.15) is 0 Å². The summed E-state index contributed by atoms with van der Waals surface area (Å²) in [4.78, 5) is 25.1. The van der Waals surface area contributed by atoms with Crippen LogP contribution < -0.4 is 20.1 Å². The van der Waals surface area contributed by atoms with Gasteiger partial charge in [0.15, 0.2) is 0 Å². The number of methoxy groups -OCH3 is 2. The van der Waals surface area contributed by atoms with Crippen molar-refractivity contribution in [3.05, 3.63) is 108 Å². The lowest BCUT2D eigenvalue weighted by molar-refractivity contribution is 0.101. The maximum atomic E-state index is 12.5. The van der Waals surface area contributed by atoms with Crippen LogP contribution >= 0.6 is 0 Å². The first kappa shape index (κ1) is 25.2. The van der Waals surface area contributed by atoms with Crippen molar-refractivity contribution in [3.8, 4) is 34.4 Å². The fourth-order valence-corrected chi connectivity index (χ4v) is 3.78. The van der Waals surface area contributed by atoms with E-state index in [-0.39, 0.29) is 11.8 Å². The lowest BCUT2D eigenvalue weighted by atomic mass is 10.1. The van der Waals surface area contributed by atoms with Crippen molar-refractivity contribution >= 4 is 23.2 Å². The van der Waals surface area contributed by atoms with Crippen LogP contribution in [0, 0.1) is 0 Å². The summed E-state index contributed by atoms with van der Waals surface area (Å²) in [6, 6.07) is 28.0. The lowest BCUT2D eigenvalue weighted by Gasteiger charge is -2.07. The number of benzene rings is 4. The van der Waals surface area contributed by atoms with Gasteiger partial charge in [0.2, 0.25) is 11.8 Å². The van der Waals surface area contributed by atoms with Gasteiger partial charge in [-0.1, -0.05) is 12.1 Å². The molecule has 0 bridgehead atoms. The van der Waals surface area contributed by atoms with Crippen molar-refractivity contribution in [2.24, 2.45) is 0 Å². The molecule has 0 aliphatic heterocycles. The lowest BCUT2D eigenvalue weighted by Crippen LogP contribution is -2.11. The highest BCUT2D eigenvalue weighted by molar-refractivity contribution is 6.05. The Balaban J connectivity index is 1.22. The summed E-state index contributed by atoms with van der Waals surface area (Å²) in [5, 5.41) is 14.0. The Morgan fingerprint density at radius 1 is 0.615 bits per heavy atom. The number of hydrogen-bond acceptors (Lipinski definition) is 7. The minimum absolute atomic E-state index is 0.246. The number of carbonyl (C=O) groups is 2. The molecule has 39 heavy (non-hydrogen) atoms. The highest BCUT2D eigenvalue weighted by atomic mass is 16.5. The second-order valence-corrected chi connectivity index (χ2v) is 8.44. The van der Waals surface area contributed by atoms with E-state index in [1.807, 2.05) is 0 Å². The summed E-state index contributed by atoms with van der Waals surface area (Å²) in [7, 11) is 3.11. The molecule has 1 heterocycles. The minimum Gasteiger partial charge on any atom is -0.497 e. The molecule has 0 unspecified atom stereocenters. The topological polar surface area (TPSA) is 116 Å². The van der Waals surface area contributed by atoms with Gasteiger partial charge in [0.05, 0.1) is 14.2 Å². The Labute approximate surface area is 224 Å². The third-order valence-corrected chi connectivity index (χ3v) is 5.87. The number of anilines is 2. The minimum atomic E-state index is -0.246. The first-order valence-electron chi connectivity index (χ1n) is 12.0. The summed E-state index contributed by atoms with van der Waals surface area (Å²) in [5.41, 5.74) is 3.64. The van der Waals surface area contributed by atoms with Crippen LogP contribution in [0.25, 0.3) is 22.9 Å². The Hall–Kier alpha value is -5.44. The van der Waals surface area contributed by atoms with Gasteiger partial charge in [0.1, 0.15) is 11.5 Å². The van der Waals surface area contributed by atoms with Crippen molar-refractivity contribution in [2.75, 3.05) is 24.9 Å². The van der Waals surface area contributed by atoms with Crippen LogP contribution in [0.5, 0.6) is 11.5 Å². The van der Waals surface area contributed by atoms with Gasteiger partial charge in [0, 0.05) is 33.6 Å². The second-order valence-electron chi connectivity index (χ2n) is 8.44. The normalized spacial score (nSPS) is 10.5. The molecule has 0 atom stereocenters. The average molecular weight is 521 g/mol. The Kier molecular flexibility index (Phi) is 7.31. The molecule has 0 spiro atoms. The SMILES string of the molecule is COc1cccc(C(=O)Nc2ccc(-c3nnc(-c4ccc(NC(=O)c5cccc(OC)c5)cc4)o3)cc2)c1. The van der Waals surface area contributed by atoms with Crippen LogP contribution in [0.2, 0.25) is 0 Å². The smallest absolute Gasteiger partial charge is 0.255 e. The molecule has 9 nitrogen and oxygen atoms in total. The summed E-state index contributed by atoms with van der Waals surface area (Å²) in [6.45, 7) is 0. The zero-order valence-electron chi connectivity index (χ0n) is 21.2. The van der Waals surface area contributed by atoms with Gasteiger partial charge in [-0.25, -0.2) is 0 Å². The number of rotatable bonds is 8. The highest BCUT2D eigenvalue weighted by Gasteiger charge is 2.13. The van der Waals surface area contributed by atoms with Crippen LogP contribution in [-0.2, 0) is 0 Å². The summed E-state index contributed by atoms with van der Waals surface area (Å²) >= 11 is 0. The first-order valence-corrected chi connectivity index (χ1v) is 12.0. The summed E-state index contributed by atoms with van der Waals surface area (Å²) in [6.07, 6.45) is 0. The van der Waals surface area contributed by atoms with Gasteiger partial charge in [-0.05, 0) is 84.9 Å². The first-order chi connectivity index (χ1) is 19.0. The van der Waals surface area contributed by atoms with Gasteiger partial charge in [-0.15, -0.1) is 10.2 Å². The molecule has 4 aromatic carbocycles. The third kappa shape index (κ3) is 5.94. The van der Waals surface area contributed by atoms with E-state index >= 15 is 0 Å². The number of carbonyl (C=O) groups excluding carboxylic acids is 2. The van der Waals surface area contributed by atoms with Crippen LogP contribution in [0.4, 0.5) is 11.4 Å². The molecule has 0 radical (unpaired) electrons. The molecule has 9 heteroatoms. The molecule has 0 aliphatic carbocycles. The molecule has 0 aliphatic rings. The Morgan fingerprint density at radius 2 is 1.03 bits per heavy atom. The monoisotopic (exact) mass is 520 g/mol. The van der Waals surface area contributed by atoms with Crippen molar-refractivity contribution in [1.29, 1.82) is 0 Å². The molecule has 2 N–H and O–H groups in total. The largest absolute Gasteiger partial charge is 0.497 e. The second kappa shape index (κ2) is 11.3. The summed E-state index contributed by atoms with van der Waals surface area (Å²) in [5.74, 6) is 1.41. The molecule has 0 saturated heterocycles. The van der Waals surface area contributed by atoms with Crippen molar-refractivity contribution < 1.29 is 23.5 Å². The number of nitrogens with one attached hydrogen (secondary N) is 2. The van der Waals surface area contributed by atoms with Gasteiger partial charge in [0.25, 0.3) is 11.8 Å². The molecule has 2 amide bonds. The standard InChI is InChI=1S/C30H24N4O5/c1-37-25-7-3-5-21(17-25)27(35)31-23-13-9-19(10-14-23)29-33-34-30(39-29)20-11-15-24(16-12-20)32-28(36)22-6-4-8-26(18-22)38-2/h3-18H,1-2H3,(H,31,35)(H,32,36). The maximum Gasteiger partial charge on any atom is 0.255 e. The van der Waals surface area contributed by atoms with E-state index in [2.05, 4.69) is 20.8 Å². The quantitative estimate of drug-likeness (QED) is 0.261. The molecule has 0 saturated carbocycles. The zero-order chi connectivity index (χ0) is 27.2. The third-order valence-electron chi connectivity index (χ3n) is 5.87. The Bertz CT molecular complexity index is 1490. The summed E-state index contributed by atoms with van der Waals surface area (Å²) < 4.78 is 16.2. The van der Waals surface area contributed by atoms with Crippen LogP contribution in [0.15, 0.2) is 101 Å². The van der Waals surface area contributed by atoms with Crippen LogP contribution in [-0.4, -0.2) is 36.2 Å².